The Morgan fingerprint density at radius 2 is 1.95 bits per heavy atom. The van der Waals surface area contributed by atoms with E-state index in [0.717, 1.165) is 5.56 Å². The third-order valence-corrected chi connectivity index (χ3v) is 3.06. The second kappa shape index (κ2) is 7.19. The summed E-state index contributed by atoms with van der Waals surface area (Å²) in [6.45, 7) is 1.92. The molecule has 1 aromatic carbocycles. The van der Waals surface area contributed by atoms with Gasteiger partial charge in [0.15, 0.2) is 5.84 Å². The molecule has 0 saturated heterocycles. The molecule has 0 saturated carbocycles. The first kappa shape index (κ1) is 14.7. The van der Waals surface area contributed by atoms with Gasteiger partial charge in [-0.3, -0.25) is 4.98 Å². The van der Waals surface area contributed by atoms with Crippen LogP contribution in [0.5, 0.6) is 0 Å². The van der Waals surface area contributed by atoms with Crippen molar-refractivity contribution in [1.29, 1.82) is 0 Å². The Labute approximate surface area is 123 Å². The van der Waals surface area contributed by atoms with Crippen molar-refractivity contribution in [2.45, 2.75) is 19.3 Å². The Kier molecular flexibility index (Phi) is 5.04. The van der Waals surface area contributed by atoms with Crippen molar-refractivity contribution in [2.24, 2.45) is 10.9 Å². The van der Waals surface area contributed by atoms with Crippen LogP contribution >= 0.6 is 0 Å². The molecule has 0 bridgehead atoms. The maximum Gasteiger partial charge on any atom is 0.342 e. The first-order chi connectivity index (χ1) is 10.2. The number of benzene rings is 1. The van der Waals surface area contributed by atoms with E-state index < -0.39 is 5.97 Å². The number of pyridine rings is 1. The van der Waals surface area contributed by atoms with E-state index in [2.05, 4.69) is 10.1 Å². The molecule has 0 fully saturated rings. The number of aromatic nitrogens is 1. The number of nitrogens with two attached hydrogens (primary N) is 1. The van der Waals surface area contributed by atoms with E-state index in [-0.39, 0.29) is 11.8 Å². The molecule has 5 nitrogen and oxygen atoms in total. The first-order valence-corrected chi connectivity index (χ1v) is 6.73. The van der Waals surface area contributed by atoms with Crippen molar-refractivity contribution in [1.82, 2.24) is 4.98 Å². The van der Waals surface area contributed by atoms with Crippen LogP contribution in [-0.4, -0.2) is 16.8 Å². The number of hydrogen-bond acceptors (Lipinski definition) is 4. The van der Waals surface area contributed by atoms with Gasteiger partial charge in [0.05, 0.1) is 5.92 Å². The Hall–Kier alpha value is -2.69. The molecule has 5 heteroatoms. The summed E-state index contributed by atoms with van der Waals surface area (Å²) in [6.07, 6.45) is 2.22. The number of hydrogen-bond donors (Lipinski definition) is 1. The van der Waals surface area contributed by atoms with Gasteiger partial charge < -0.3 is 10.6 Å². The van der Waals surface area contributed by atoms with Crippen LogP contribution in [0.2, 0.25) is 0 Å². The van der Waals surface area contributed by atoms with Gasteiger partial charge >= 0.3 is 5.97 Å². The molecule has 0 radical (unpaired) electrons. The van der Waals surface area contributed by atoms with E-state index in [1.54, 1.807) is 24.4 Å². The topological polar surface area (TPSA) is 77.6 Å². The molecule has 0 aliphatic rings. The van der Waals surface area contributed by atoms with Crippen LogP contribution < -0.4 is 5.73 Å². The highest BCUT2D eigenvalue weighted by Gasteiger charge is 2.20. The molecule has 0 spiro atoms. The summed E-state index contributed by atoms with van der Waals surface area (Å²) in [7, 11) is 0. The summed E-state index contributed by atoms with van der Waals surface area (Å²) < 4.78 is 0. The normalized spacial score (nSPS) is 12.7. The van der Waals surface area contributed by atoms with Crippen LogP contribution in [0.3, 0.4) is 0 Å². The standard InChI is InChI=1S/C16H17N3O2/c1-2-13(12-8-4-3-5-9-12)16(20)21-19-15(17)14-10-6-7-11-18-14/h3-11,13H,2H2,1H3,(H2,17,19)/t13-/m1/s1. The van der Waals surface area contributed by atoms with Crippen LogP contribution in [0.25, 0.3) is 0 Å². The lowest BCUT2D eigenvalue weighted by molar-refractivity contribution is -0.145. The van der Waals surface area contributed by atoms with Gasteiger partial charge in [0.2, 0.25) is 0 Å². The minimum absolute atomic E-state index is 0.0758. The van der Waals surface area contributed by atoms with Gasteiger partial charge in [-0.1, -0.05) is 48.5 Å². The van der Waals surface area contributed by atoms with E-state index in [1.807, 2.05) is 37.3 Å². The largest absolute Gasteiger partial charge is 0.379 e. The highest BCUT2D eigenvalue weighted by molar-refractivity contribution is 5.95. The van der Waals surface area contributed by atoms with Crippen LogP contribution in [-0.2, 0) is 9.63 Å². The minimum Gasteiger partial charge on any atom is -0.379 e. The van der Waals surface area contributed by atoms with Crippen molar-refractivity contribution in [2.75, 3.05) is 0 Å². The summed E-state index contributed by atoms with van der Waals surface area (Å²) in [5, 5.41) is 3.67. The lowest BCUT2D eigenvalue weighted by atomic mass is 9.97. The Morgan fingerprint density at radius 1 is 1.24 bits per heavy atom. The molecule has 1 aromatic heterocycles. The highest BCUT2D eigenvalue weighted by atomic mass is 16.7. The summed E-state index contributed by atoms with van der Waals surface area (Å²) >= 11 is 0. The Morgan fingerprint density at radius 3 is 2.57 bits per heavy atom. The monoisotopic (exact) mass is 283 g/mol. The first-order valence-electron chi connectivity index (χ1n) is 6.73. The molecular formula is C16H17N3O2. The maximum atomic E-state index is 12.1. The third-order valence-electron chi connectivity index (χ3n) is 3.06. The van der Waals surface area contributed by atoms with E-state index >= 15 is 0 Å². The van der Waals surface area contributed by atoms with Gasteiger partial charge in [0.1, 0.15) is 5.69 Å². The van der Waals surface area contributed by atoms with Crippen LogP contribution in [0.4, 0.5) is 0 Å². The van der Waals surface area contributed by atoms with Crippen LogP contribution in [0.15, 0.2) is 59.9 Å². The fourth-order valence-electron chi connectivity index (χ4n) is 1.94. The zero-order valence-electron chi connectivity index (χ0n) is 11.8. The molecule has 108 valence electrons. The predicted molar refractivity (Wildman–Crippen MR) is 80.5 cm³/mol. The second-order valence-electron chi connectivity index (χ2n) is 4.47. The molecule has 2 rings (SSSR count). The van der Waals surface area contributed by atoms with E-state index in [9.17, 15) is 4.79 Å². The molecule has 0 unspecified atom stereocenters. The molecule has 2 aromatic rings. The van der Waals surface area contributed by atoms with Gasteiger partial charge in [-0.15, -0.1) is 0 Å². The zero-order valence-corrected chi connectivity index (χ0v) is 11.8. The summed E-state index contributed by atoms with van der Waals surface area (Å²) in [4.78, 5) is 21.1. The zero-order chi connectivity index (χ0) is 15.1. The second-order valence-corrected chi connectivity index (χ2v) is 4.47. The molecule has 0 aliphatic carbocycles. The van der Waals surface area contributed by atoms with E-state index in [4.69, 9.17) is 10.6 Å². The van der Waals surface area contributed by atoms with Crippen molar-refractivity contribution in [3.8, 4) is 0 Å². The van der Waals surface area contributed by atoms with Crippen molar-refractivity contribution in [3.05, 3.63) is 66.0 Å². The summed E-state index contributed by atoms with van der Waals surface area (Å²) in [6, 6.07) is 14.7. The molecule has 1 atom stereocenters. The Balaban J connectivity index is 2.07. The molecule has 1 heterocycles. The van der Waals surface area contributed by atoms with Gasteiger partial charge in [-0.05, 0) is 24.1 Å². The van der Waals surface area contributed by atoms with Gasteiger partial charge in [0, 0.05) is 6.20 Å². The van der Waals surface area contributed by atoms with Crippen molar-refractivity contribution >= 4 is 11.8 Å². The number of carbonyl (C=O) groups is 1. The molecule has 0 aliphatic heterocycles. The smallest absolute Gasteiger partial charge is 0.342 e. The highest BCUT2D eigenvalue weighted by Crippen LogP contribution is 2.20. The number of amidine groups is 1. The third kappa shape index (κ3) is 3.89. The molecular weight excluding hydrogens is 266 g/mol. The average molecular weight is 283 g/mol. The summed E-state index contributed by atoms with van der Waals surface area (Å²) in [5.74, 6) is -0.707. The fraction of sp³-hybridized carbons (Fsp3) is 0.188. The van der Waals surface area contributed by atoms with E-state index in [0.29, 0.717) is 12.1 Å². The van der Waals surface area contributed by atoms with Crippen molar-refractivity contribution in [3.63, 3.8) is 0 Å². The van der Waals surface area contributed by atoms with Gasteiger partial charge in [0.25, 0.3) is 0 Å². The van der Waals surface area contributed by atoms with E-state index in [1.165, 1.54) is 0 Å². The Bertz CT molecular complexity index is 612. The number of rotatable bonds is 5. The van der Waals surface area contributed by atoms with Crippen LogP contribution in [0, 0.1) is 0 Å². The molecule has 21 heavy (non-hydrogen) atoms. The fourth-order valence-corrected chi connectivity index (χ4v) is 1.94. The number of oxime groups is 1. The quantitative estimate of drug-likeness (QED) is 0.396. The number of carbonyl (C=O) groups excluding carboxylic acids is 1. The van der Waals surface area contributed by atoms with Gasteiger partial charge in [-0.2, -0.15) is 0 Å². The van der Waals surface area contributed by atoms with Crippen LogP contribution in [0.1, 0.15) is 30.5 Å². The molecule has 2 N–H and O–H groups in total. The summed E-state index contributed by atoms with van der Waals surface area (Å²) in [5.41, 5.74) is 7.10. The van der Waals surface area contributed by atoms with Crippen molar-refractivity contribution < 1.29 is 9.63 Å². The molecule has 0 amide bonds. The lowest BCUT2D eigenvalue weighted by Crippen LogP contribution is -2.19. The maximum absolute atomic E-state index is 12.1. The SMILES string of the molecule is CC[C@@H](C(=O)O/N=C(/N)c1ccccn1)c1ccccc1. The minimum atomic E-state index is -0.428. The predicted octanol–water partition coefficient (Wildman–Crippen LogP) is 2.44. The average Bonchev–Trinajstić information content (AvgIpc) is 2.55. The number of nitrogens with zero attached hydrogens (tertiary/aromatic N) is 2. The van der Waals surface area contributed by atoms with Gasteiger partial charge in [-0.25, -0.2) is 4.79 Å². The lowest BCUT2D eigenvalue weighted by Gasteiger charge is -2.11.